The molecule has 3 aliphatic carbocycles. The fraction of sp³-hybridized carbons (Fsp3) is 0.615. The van der Waals surface area contributed by atoms with Crippen molar-refractivity contribution in [3.8, 4) is 0 Å². The van der Waals surface area contributed by atoms with E-state index in [9.17, 15) is 14.7 Å². The van der Waals surface area contributed by atoms with Crippen LogP contribution in [0.4, 0.5) is 0 Å². The Labute approximate surface area is 204 Å². The molecule has 2 aromatic heterocycles. The fourth-order valence-corrected chi connectivity index (χ4v) is 5.53. The molecule has 2 heterocycles. The monoisotopic (exact) mass is 481 g/mol. The molecule has 2 fully saturated rings. The van der Waals surface area contributed by atoms with Crippen LogP contribution in [-0.2, 0) is 16.1 Å². The molecule has 2 saturated carbocycles. The zero-order valence-electron chi connectivity index (χ0n) is 20.2. The van der Waals surface area contributed by atoms with Gasteiger partial charge in [0.2, 0.25) is 0 Å². The van der Waals surface area contributed by atoms with Crippen LogP contribution < -0.4 is 10.9 Å². The Morgan fingerprint density at radius 1 is 1.11 bits per heavy atom. The first-order valence-corrected chi connectivity index (χ1v) is 12.9. The van der Waals surface area contributed by atoms with Crippen molar-refractivity contribution in [3.05, 3.63) is 52.2 Å². The Morgan fingerprint density at radius 3 is 2.57 bits per heavy atom. The maximum atomic E-state index is 13.3. The quantitative estimate of drug-likeness (QED) is 0.559. The first-order valence-electron chi connectivity index (χ1n) is 12.9. The lowest BCUT2D eigenvalue weighted by Crippen LogP contribution is -2.54. The molecule has 35 heavy (non-hydrogen) atoms. The van der Waals surface area contributed by atoms with E-state index in [1.165, 1.54) is 10.6 Å². The van der Waals surface area contributed by atoms with Crippen LogP contribution in [0, 0.1) is 0 Å². The molecule has 0 aliphatic heterocycles. The van der Waals surface area contributed by atoms with E-state index < -0.39 is 11.2 Å². The lowest BCUT2D eigenvalue weighted by Gasteiger charge is -2.38. The predicted octanol–water partition coefficient (Wildman–Crippen LogP) is 3.05. The number of aromatic nitrogens is 4. The second-order valence-electron chi connectivity index (χ2n) is 10.3. The summed E-state index contributed by atoms with van der Waals surface area (Å²) >= 11 is 0. The highest BCUT2D eigenvalue weighted by molar-refractivity contribution is 5.85. The van der Waals surface area contributed by atoms with Crippen LogP contribution in [0.2, 0.25) is 0 Å². The fourth-order valence-electron chi connectivity index (χ4n) is 5.53. The summed E-state index contributed by atoms with van der Waals surface area (Å²) in [4.78, 5) is 35.1. The van der Waals surface area contributed by atoms with E-state index in [0.717, 1.165) is 44.9 Å². The van der Waals surface area contributed by atoms with Crippen molar-refractivity contribution in [2.24, 2.45) is 0 Å². The van der Waals surface area contributed by atoms with Crippen molar-refractivity contribution in [2.75, 3.05) is 6.54 Å². The molecule has 9 heteroatoms. The van der Waals surface area contributed by atoms with Crippen LogP contribution in [0.1, 0.15) is 88.1 Å². The Kier molecular flexibility index (Phi) is 6.88. The van der Waals surface area contributed by atoms with Gasteiger partial charge in [-0.3, -0.25) is 14.7 Å². The molecule has 0 bridgehead atoms. The zero-order valence-corrected chi connectivity index (χ0v) is 20.2. The number of aliphatic hydroxyl groups is 1. The number of nitrogens with one attached hydrogen (secondary N) is 2. The summed E-state index contributed by atoms with van der Waals surface area (Å²) < 4.78 is 7.60. The summed E-state index contributed by atoms with van der Waals surface area (Å²) in [7, 11) is 0. The van der Waals surface area contributed by atoms with Crippen LogP contribution in [-0.4, -0.2) is 48.3 Å². The summed E-state index contributed by atoms with van der Waals surface area (Å²) in [6.07, 6.45) is 17.5. The number of amides is 1. The average molecular weight is 482 g/mol. The summed E-state index contributed by atoms with van der Waals surface area (Å²) in [6, 6.07) is 1.44. The molecule has 0 radical (unpaired) electrons. The van der Waals surface area contributed by atoms with Gasteiger partial charge in [0.1, 0.15) is 11.4 Å². The Hall–Kier alpha value is -2.78. The first-order chi connectivity index (χ1) is 17.0. The molecule has 1 amide bonds. The maximum Gasteiger partial charge on any atom is 0.274 e. The van der Waals surface area contributed by atoms with E-state index >= 15 is 0 Å². The number of fused-ring (bicyclic) bond motifs is 1. The van der Waals surface area contributed by atoms with Gasteiger partial charge in [-0.05, 0) is 32.1 Å². The van der Waals surface area contributed by atoms with Gasteiger partial charge in [0, 0.05) is 18.5 Å². The normalized spacial score (nSPS) is 23.4. The van der Waals surface area contributed by atoms with E-state index in [0.29, 0.717) is 43.0 Å². The summed E-state index contributed by atoms with van der Waals surface area (Å²) in [5.41, 5.74) is -1.60. The highest BCUT2D eigenvalue weighted by atomic mass is 16.5. The largest absolute Gasteiger partial charge is 0.388 e. The molecule has 3 aliphatic rings. The van der Waals surface area contributed by atoms with Crippen molar-refractivity contribution < 1.29 is 14.6 Å². The minimum absolute atomic E-state index is 0.0533. The predicted molar refractivity (Wildman–Crippen MR) is 131 cm³/mol. The van der Waals surface area contributed by atoms with Gasteiger partial charge in [0.25, 0.3) is 17.2 Å². The van der Waals surface area contributed by atoms with Crippen LogP contribution in [0.3, 0.4) is 0 Å². The van der Waals surface area contributed by atoms with E-state index in [2.05, 4.69) is 26.5 Å². The van der Waals surface area contributed by atoms with Crippen LogP contribution in [0.5, 0.6) is 0 Å². The second kappa shape index (κ2) is 10.1. The summed E-state index contributed by atoms with van der Waals surface area (Å²) in [5, 5.41) is 16.9. The van der Waals surface area contributed by atoms with Crippen LogP contribution >= 0.6 is 0 Å². The summed E-state index contributed by atoms with van der Waals surface area (Å²) in [5.74, 6) is 0.898. The molecular weight excluding hydrogens is 446 g/mol. The zero-order chi connectivity index (χ0) is 24.3. The van der Waals surface area contributed by atoms with E-state index in [4.69, 9.17) is 4.74 Å². The molecule has 0 saturated heterocycles. The van der Waals surface area contributed by atoms with Crippen molar-refractivity contribution in [1.82, 2.24) is 24.9 Å². The highest BCUT2D eigenvalue weighted by Crippen LogP contribution is 2.34. The third-order valence-electron chi connectivity index (χ3n) is 7.67. The molecule has 1 unspecified atom stereocenters. The Morgan fingerprint density at radius 2 is 1.86 bits per heavy atom. The van der Waals surface area contributed by atoms with E-state index in [-0.39, 0.29) is 30.5 Å². The number of ether oxygens (including phenoxy) is 1. The van der Waals surface area contributed by atoms with Gasteiger partial charge in [0.05, 0.1) is 17.9 Å². The number of allylic oxidation sites excluding steroid dienone is 4. The van der Waals surface area contributed by atoms with Gasteiger partial charge < -0.3 is 15.2 Å². The van der Waals surface area contributed by atoms with Crippen molar-refractivity contribution in [1.29, 1.82) is 0 Å². The number of H-pyrrole nitrogens is 1. The topological polar surface area (TPSA) is 122 Å². The number of aromatic amines is 1. The number of nitrogens with zero attached hydrogens (tertiary/aromatic N) is 3. The molecular formula is C26H35N5O4. The van der Waals surface area contributed by atoms with Crippen molar-refractivity contribution in [2.45, 2.75) is 94.4 Å². The van der Waals surface area contributed by atoms with Gasteiger partial charge in [-0.1, -0.05) is 62.8 Å². The SMILES string of the molecule is O=C(NCC1(O)CCCCC1)C1(OCc2cc(=O)n3[nH]c(C4C=CC=CC4)nc3n2)CCCCC1. The van der Waals surface area contributed by atoms with Gasteiger partial charge in [-0.2, -0.15) is 9.50 Å². The number of carbonyl (C=O) groups is 1. The molecule has 188 valence electrons. The molecule has 9 nitrogen and oxygen atoms in total. The number of rotatable bonds is 7. The molecule has 0 spiro atoms. The van der Waals surface area contributed by atoms with Crippen molar-refractivity contribution in [3.63, 3.8) is 0 Å². The minimum Gasteiger partial charge on any atom is -0.388 e. The third kappa shape index (κ3) is 5.26. The third-order valence-corrected chi connectivity index (χ3v) is 7.67. The number of hydrogen-bond donors (Lipinski definition) is 3. The maximum absolute atomic E-state index is 13.3. The molecule has 3 N–H and O–H groups in total. The highest BCUT2D eigenvalue weighted by Gasteiger charge is 2.42. The van der Waals surface area contributed by atoms with Gasteiger partial charge >= 0.3 is 0 Å². The standard InChI is InChI=1S/C26H35N5O4/c32-21-16-20(28-24-29-22(30-31(21)24)19-10-4-1-5-11-19)17-35-26(14-8-3-9-15-26)23(33)27-18-25(34)12-6-2-7-13-25/h1,4-5,10,16,19,34H,2-3,6-9,11-15,17-18H2,(H,27,33)(H,28,29,30). The molecule has 1 atom stereocenters. The van der Waals surface area contributed by atoms with Crippen molar-refractivity contribution >= 4 is 11.7 Å². The number of carbonyl (C=O) groups excluding carboxylic acids is 1. The Bertz CT molecular complexity index is 1170. The first kappa shape index (κ1) is 23.9. The summed E-state index contributed by atoms with van der Waals surface area (Å²) in [6.45, 7) is 0.307. The lowest BCUT2D eigenvalue weighted by atomic mass is 9.82. The smallest absolute Gasteiger partial charge is 0.274 e. The van der Waals surface area contributed by atoms with Gasteiger partial charge in [-0.25, -0.2) is 4.98 Å². The minimum atomic E-state index is -0.966. The molecule has 5 rings (SSSR count). The molecule has 0 aromatic carbocycles. The lowest BCUT2D eigenvalue weighted by molar-refractivity contribution is -0.156. The second-order valence-corrected chi connectivity index (χ2v) is 10.3. The van der Waals surface area contributed by atoms with E-state index in [1.807, 2.05) is 18.2 Å². The number of hydrogen-bond acceptors (Lipinski definition) is 6. The average Bonchev–Trinajstić information content (AvgIpc) is 3.33. The van der Waals surface area contributed by atoms with Crippen LogP contribution in [0.25, 0.3) is 5.78 Å². The van der Waals surface area contributed by atoms with Gasteiger partial charge in [-0.15, -0.1) is 0 Å². The van der Waals surface area contributed by atoms with E-state index in [1.54, 1.807) is 0 Å². The van der Waals surface area contributed by atoms with Gasteiger partial charge in [0.15, 0.2) is 0 Å². The van der Waals surface area contributed by atoms with Crippen LogP contribution in [0.15, 0.2) is 35.2 Å². The molecule has 2 aromatic rings. The Balaban J connectivity index is 1.30.